The lowest BCUT2D eigenvalue weighted by Crippen LogP contribution is -2.28. The quantitative estimate of drug-likeness (QED) is 0.409. The minimum Gasteiger partial charge on any atom is -0.355 e. The summed E-state index contributed by atoms with van der Waals surface area (Å²) >= 11 is 18.3. The van der Waals surface area contributed by atoms with Crippen molar-refractivity contribution in [1.29, 1.82) is 0 Å². The molecule has 2 aromatic heterocycles. The molecule has 1 saturated heterocycles. The highest BCUT2D eigenvalue weighted by Gasteiger charge is 2.32. The lowest BCUT2D eigenvalue weighted by Gasteiger charge is -2.17. The first kappa shape index (κ1) is 20.6. The molecule has 0 bridgehead atoms. The van der Waals surface area contributed by atoms with Gasteiger partial charge in [-0.15, -0.1) is 11.3 Å². The van der Waals surface area contributed by atoms with E-state index in [2.05, 4.69) is 31.0 Å². The summed E-state index contributed by atoms with van der Waals surface area (Å²) in [6.07, 6.45) is 4.06. The second-order valence-electron chi connectivity index (χ2n) is 6.49. The van der Waals surface area contributed by atoms with Crippen molar-refractivity contribution in [2.24, 2.45) is 5.92 Å². The van der Waals surface area contributed by atoms with Crippen LogP contribution in [0.25, 0.3) is 10.1 Å². The minimum atomic E-state index is -1.09. The van der Waals surface area contributed by atoms with E-state index in [1.54, 1.807) is 11.3 Å². The van der Waals surface area contributed by atoms with Gasteiger partial charge in [-0.3, -0.25) is 4.79 Å². The van der Waals surface area contributed by atoms with Crippen molar-refractivity contribution in [3.05, 3.63) is 27.8 Å². The Morgan fingerprint density at radius 2 is 2.33 bits per heavy atom. The van der Waals surface area contributed by atoms with Crippen LogP contribution < -0.4 is 5.32 Å². The number of amides is 1. The molecule has 4 nitrogen and oxygen atoms in total. The Morgan fingerprint density at radius 1 is 1.56 bits per heavy atom. The maximum Gasteiger partial charge on any atom is 0.254 e. The van der Waals surface area contributed by atoms with Gasteiger partial charge in [0.1, 0.15) is 10.9 Å². The van der Waals surface area contributed by atoms with Crippen LogP contribution in [0.5, 0.6) is 0 Å². The number of thiophene rings is 1. The fourth-order valence-corrected chi connectivity index (χ4v) is 4.70. The molecule has 27 heavy (non-hydrogen) atoms. The van der Waals surface area contributed by atoms with E-state index in [9.17, 15) is 4.79 Å². The van der Waals surface area contributed by atoms with E-state index >= 15 is 0 Å². The molecular weight excluding hydrogens is 423 g/mol. The monoisotopic (exact) mass is 442 g/mol. The molecule has 1 aliphatic rings. The number of halogens is 2. The third-order valence-electron chi connectivity index (χ3n) is 4.68. The molecular formula is C19H20Cl2N2O2S2. The lowest BCUT2D eigenvalue weighted by molar-refractivity contribution is -0.119. The number of carbonyl (C=O) groups is 1. The average Bonchev–Trinajstić information content (AvgIpc) is 3.27. The zero-order valence-corrected chi connectivity index (χ0v) is 18.1. The van der Waals surface area contributed by atoms with Crippen LogP contribution in [0.15, 0.2) is 17.6 Å². The SMILES string of the molecule is CC[C@H]1O[C@@H](n2cc(C#CCNC(=O)C(Cl)Cl)c3ccsc3c2=S)C[C@H]1C. The van der Waals surface area contributed by atoms with Crippen LogP contribution in [0.4, 0.5) is 0 Å². The fraction of sp³-hybridized carbons (Fsp3) is 0.474. The van der Waals surface area contributed by atoms with E-state index in [0.29, 0.717) is 5.92 Å². The fourth-order valence-electron chi connectivity index (χ4n) is 3.27. The number of fused-ring (bicyclic) bond motifs is 1. The molecule has 1 N–H and O–H groups in total. The molecule has 3 atom stereocenters. The second kappa shape index (κ2) is 8.93. The third-order valence-corrected chi connectivity index (χ3v) is 6.54. The summed E-state index contributed by atoms with van der Waals surface area (Å²) in [5, 5.41) is 5.60. The second-order valence-corrected chi connectivity index (χ2v) is 8.89. The molecule has 0 radical (unpaired) electrons. The van der Waals surface area contributed by atoms with E-state index < -0.39 is 10.7 Å². The van der Waals surface area contributed by atoms with Crippen molar-refractivity contribution in [2.45, 2.75) is 43.9 Å². The van der Waals surface area contributed by atoms with Gasteiger partial charge in [-0.25, -0.2) is 0 Å². The van der Waals surface area contributed by atoms with Crippen LogP contribution in [0, 0.1) is 22.4 Å². The molecule has 8 heteroatoms. The summed E-state index contributed by atoms with van der Waals surface area (Å²) in [5.74, 6) is 6.12. The van der Waals surface area contributed by atoms with E-state index in [1.165, 1.54) is 0 Å². The summed E-state index contributed by atoms with van der Waals surface area (Å²) in [6.45, 7) is 4.53. The van der Waals surface area contributed by atoms with Gasteiger partial charge in [0.2, 0.25) is 0 Å². The predicted octanol–water partition coefficient (Wildman–Crippen LogP) is 5.04. The van der Waals surface area contributed by atoms with Gasteiger partial charge < -0.3 is 14.6 Å². The van der Waals surface area contributed by atoms with Crippen LogP contribution in [0.2, 0.25) is 0 Å². The number of carbonyl (C=O) groups excluding carboxylic acids is 1. The van der Waals surface area contributed by atoms with Gasteiger partial charge in [-0.2, -0.15) is 0 Å². The smallest absolute Gasteiger partial charge is 0.254 e. The Labute approximate surface area is 177 Å². The number of hydrogen-bond acceptors (Lipinski definition) is 4. The number of pyridine rings is 1. The van der Waals surface area contributed by atoms with Crippen molar-refractivity contribution in [1.82, 2.24) is 9.88 Å². The summed E-state index contributed by atoms with van der Waals surface area (Å²) in [6, 6.07) is 2.02. The Kier molecular flexibility index (Phi) is 6.83. The molecule has 3 rings (SSSR count). The highest BCUT2D eigenvalue weighted by atomic mass is 35.5. The molecule has 0 spiro atoms. The van der Waals surface area contributed by atoms with Gasteiger partial charge >= 0.3 is 0 Å². The molecule has 144 valence electrons. The van der Waals surface area contributed by atoms with Crippen molar-refractivity contribution in [2.75, 3.05) is 6.54 Å². The number of rotatable bonds is 4. The van der Waals surface area contributed by atoms with Gasteiger partial charge in [0.05, 0.1) is 17.3 Å². The van der Waals surface area contributed by atoms with Crippen LogP contribution in [0.3, 0.4) is 0 Å². The van der Waals surface area contributed by atoms with Gasteiger partial charge in [-0.1, -0.05) is 61.1 Å². The molecule has 3 heterocycles. The zero-order valence-electron chi connectivity index (χ0n) is 15.0. The first-order valence-corrected chi connectivity index (χ1v) is 10.9. The Balaban J connectivity index is 1.90. The predicted molar refractivity (Wildman–Crippen MR) is 114 cm³/mol. The number of nitrogens with zero attached hydrogens (tertiary/aromatic N) is 1. The number of alkyl halides is 2. The molecule has 0 aliphatic carbocycles. The van der Waals surface area contributed by atoms with Crippen LogP contribution >= 0.6 is 46.8 Å². The summed E-state index contributed by atoms with van der Waals surface area (Å²) in [4.78, 5) is 10.3. The number of ether oxygens (including phenoxy) is 1. The average molecular weight is 443 g/mol. The molecule has 0 unspecified atom stereocenters. The van der Waals surface area contributed by atoms with E-state index in [1.807, 2.05) is 22.2 Å². The number of aromatic nitrogens is 1. The van der Waals surface area contributed by atoms with Crippen LogP contribution in [-0.2, 0) is 9.53 Å². The normalized spacial score (nSPS) is 22.0. The Bertz CT molecular complexity index is 958. The standard InChI is InChI=1S/C19H20Cl2N2O2S2/c1-3-14-11(2)9-15(25-14)23-10-12(5-4-7-22-18(24)17(20)21)13-6-8-27-16(13)19(23)26/h6,8,10-11,14-15,17H,3,7,9H2,1-2H3,(H,22,24)/t11-,14-,15-/m1/s1. The van der Waals surface area contributed by atoms with Crippen molar-refractivity contribution in [3.63, 3.8) is 0 Å². The molecule has 1 fully saturated rings. The van der Waals surface area contributed by atoms with E-state index in [0.717, 1.165) is 33.1 Å². The zero-order chi connectivity index (χ0) is 19.6. The first-order valence-electron chi connectivity index (χ1n) is 8.74. The Morgan fingerprint density at radius 3 is 3.00 bits per heavy atom. The van der Waals surface area contributed by atoms with Crippen LogP contribution in [0.1, 0.15) is 38.5 Å². The minimum absolute atomic E-state index is 0.0718. The van der Waals surface area contributed by atoms with E-state index in [4.69, 9.17) is 40.2 Å². The summed E-state index contributed by atoms with van der Waals surface area (Å²) in [7, 11) is 0. The van der Waals surface area contributed by atoms with Gasteiger partial charge in [0, 0.05) is 17.1 Å². The number of hydrogen-bond donors (Lipinski definition) is 1. The molecule has 2 aromatic rings. The first-order chi connectivity index (χ1) is 12.9. The highest BCUT2D eigenvalue weighted by molar-refractivity contribution is 7.71. The van der Waals surface area contributed by atoms with E-state index in [-0.39, 0.29) is 18.9 Å². The largest absolute Gasteiger partial charge is 0.355 e. The van der Waals surface area contributed by atoms with Crippen molar-refractivity contribution in [3.8, 4) is 11.8 Å². The van der Waals surface area contributed by atoms with Crippen LogP contribution in [-0.4, -0.2) is 28.0 Å². The van der Waals surface area contributed by atoms with Gasteiger partial charge in [-0.05, 0) is 30.2 Å². The third kappa shape index (κ3) is 4.49. The molecule has 0 saturated carbocycles. The number of nitrogens with one attached hydrogen (secondary N) is 1. The Hall–Kier alpha value is -1.10. The highest BCUT2D eigenvalue weighted by Crippen LogP contribution is 2.37. The lowest BCUT2D eigenvalue weighted by atomic mass is 10.0. The molecule has 1 aliphatic heterocycles. The van der Waals surface area contributed by atoms with Gasteiger partial charge in [0.15, 0.2) is 4.84 Å². The topological polar surface area (TPSA) is 43.3 Å². The maximum atomic E-state index is 11.4. The van der Waals surface area contributed by atoms with Crippen molar-refractivity contribution < 1.29 is 9.53 Å². The molecule has 1 amide bonds. The van der Waals surface area contributed by atoms with Gasteiger partial charge in [0.25, 0.3) is 5.91 Å². The van der Waals surface area contributed by atoms with Crippen molar-refractivity contribution >= 4 is 62.7 Å². The summed E-state index contributed by atoms with van der Waals surface area (Å²) in [5.41, 5.74) is 0.860. The molecule has 0 aromatic carbocycles. The maximum absolute atomic E-state index is 11.4. The summed E-state index contributed by atoms with van der Waals surface area (Å²) < 4.78 is 10.0.